The van der Waals surface area contributed by atoms with E-state index in [-0.39, 0.29) is 41.3 Å². The molecule has 4 rings (SSSR count). The lowest BCUT2D eigenvalue weighted by Gasteiger charge is -2.30. The number of carbonyl (C=O) groups excluding carboxylic acids is 2. The standard InChI is InChI=1S/C27H34F3N5O3/c1-15(2)31-26(37)34-11-10-27(5,14-34)32-24(36)17-6-8-19-22(12-17)35(16(3)4)33-23(19)20-13-18(38-25(29)30)7-9-21(20)28/h7,9-11,13,15-17,25H,6,8,12,14H2,1-5H3,(H,31,37)(H,32,36)/t17-,27?/m1/s1. The molecule has 206 valence electrons. The molecule has 1 aromatic carbocycles. The summed E-state index contributed by atoms with van der Waals surface area (Å²) in [6.07, 6.45) is 4.88. The third-order valence-electron chi connectivity index (χ3n) is 6.78. The molecule has 1 unspecified atom stereocenters. The van der Waals surface area contributed by atoms with Crippen molar-refractivity contribution >= 4 is 11.9 Å². The summed E-state index contributed by atoms with van der Waals surface area (Å²) in [5.41, 5.74) is 1.39. The van der Waals surface area contributed by atoms with Gasteiger partial charge in [-0.05, 0) is 71.7 Å². The van der Waals surface area contributed by atoms with Crippen molar-refractivity contribution in [3.63, 3.8) is 0 Å². The van der Waals surface area contributed by atoms with Crippen LogP contribution < -0.4 is 15.4 Å². The molecule has 0 saturated heterocycles. The monoisotopic (exact) mass is 533 g/mol. The Balaban J connectivity index is 1.54. The van der Waals surface area contributed by atoms with Gasteiger partial charge in [0.05, 0.1) is 17.8 Å². The Labute approximate surface area is 220 Å². The Hall–Kier alpha value is -3.50. The third-order valence-corrected chi connectivity index (χ3v) is 6.78. The van der Waals surface area contributed by atoms with E-state index in [1.54, 1.807) is 15.8 Å². The Kier molecular flexibility index (Phi) is 7.75. The van der Waals surface area contributed by atoms with Crippen LogP contribution in [-0.4, -0.2) is 51.4 Å². The number of halogens is 3. The predicted molar refractivity (Wildman–Crippen MR) is 136 cm³/mol. The van der Waals surface area contributed by atoms with E-state index in [0.717, 1.165) is 23.4 Å². The summed E-state index contributed by atoms with van der Waals surface area (Å²) in [6, 6.07) is 3.20. The topological polar surface area (TPSA) is 88.5 Å². The van der Waals surface area contributed by atoms with Crippen LogP contribution in [-0.2, 0) is 17.6 Å². The van der Waals surface area contributed by atoms with Crippen molar-refractivity contribution in [1.29, 1.82) is 0 Å². The first-order valence-electron chi connectivity index (χ1n) is 12.8. The number of nitrogens with zero attached hydrogens (tertiary/aromatic N) is 3. The number of benzene rings is 1. The molecular formula is C27H34F3N5O3. The number of rotatable bonds is 7. The number of aromatic nitrogens is 2. The van der Waals surface area contributed by atoms with Crippen molar-refractivity contribution in [3.05, 3.63) is 47.5 Å². The molecule has 38 heavy (non-hydrogen) atoms. The molecule has 0 fully saturated rings. The summed E-state index contributed by atoms with van der Waals surface area (Å²) in [5.74, 6) is -1.21. The predicted octanol–water partition coefficient (Wildman–Crippen LogP) is 4.80. The van der Waals surface area contributed by atoms with E-state index in [0.29, 0.717) is 31.5 Å². The smallest absolute Gasteiger partial charge is 0.387 e. The molecule has 0 saturated carbocycles. The van der Waals surface area contributed by atoms with Gasteiger partial charge in [-0.15, -0.1) is 0 Å². The van der Waals surface area contributed by atoms with Gasteiger partial charge in [0.15, 0.2) is 0 Å². The number of ether oxygens (including phenoxy) is 1. The van der Waals surface area contributed by atoms with E-state index in [4.69, 9.17) is 0 Å². The van der Waals surface area contributed by atoms with Crippen molar-refractivity contribution in [1.82, 2.24) is 25.3 Å². The Morgan fingerprint density at radius 1 is 1.21 bits per heavy atom. The van der Waals surface area contributed by atoms with Crippen molar-refractivity contribution in [3.8, 4) is 17.0 Å². The average Bonchev–Trinajstić information content (AvgIpc) is 3.40. The minimum absolute atomic E-state index is 0.00253. The zero-order valence-corrected chi connectivity index (χ0v) is 22.2. The van der Waals surface area contributed by atoms with Crippen molar-refractivity contribution in [2.24, 2.45) is 5.92 Å². The summed E-state index contributed by atoms with van der Waals surface area (Å²) in [4.78, 5) is 27.2. The molecule has 0 bridgehead atoms. The fourth-order valence-electron chi connectivity index (χ4n) is 5.01. The van der Waals surface area contributed by atoms with E-state index >= 15 is 0 Å². The SMILES string of the molecule is CC(C)NC(=O)N1C=CC(C)(NC(=O)[C@@H]2CCc3c(-c4cc(OC(F)F)ccc4F)nn(C(C)C)c3C2)C1. The maximum absolute atomic E-state index is 14.8. The van der Waals surface area contributed by atoms with Crippen LogP contribution in [0.5, 0.6) is 5.75 Å². The number of nitrogens with one attached hydrogen (secondary N) is 2. The highest BCUT2D eigenvalue weighted by Crippen LogP contribution is 2.37. The fraction of sp³-hybridized carbons (Fsp3) is 0.519. The second-order valence-corrected chi connectivity index (χ2v) is 10.7. The van der Waals surface area contributed by atoms with E-state index in [1.165, 1.54) is 6.07 Å². The van der Waals surface area contributed by atoms with Crippen molar-refractivity contribution in [2.75, 3.05) is 6.54 Å². The lowest BCUT2D eigenvalue weighted by atomic mass is 9.84. The van der Waals surface area contributed by atoms with Crippen LogP contribution in [0.25, 0.3) is 11.3 Å². The number of carbonyl (C=O) groups is 2. The minimum atomic E-state index is -3.03. The van der Waals surface area contributed by atoms with Crippen LogP contribution in [0.4, 0.5) is 18.0 Å². The normalized spacial score (nSPS) is 20.8. The highest BCUT2D eigenvalue weighted by molar-refractivity contribution is 5.82. The molecule has 0 spiro atoms. The maximum Gasteiger partial charge on any atom is 0.387 e. The van der Waals surface area contributed by atoms with Gasteiger partial charge in [-0.3, -0.25) is 14.4 Å². The van der Waals surface area contributed by atoms with Crippen LogP contribution >= 0.6 is 0 Å². The van der Waals surface area contributed by atoms with Gasteiger partial charge >= 0.3 is 12.6 Å². The minimum Gasteiger partial charge on any atom is -0.435 e. The largest absolute Gasteiger partial charge is 0.435 e. The molecule has 2 heterocycles. The van der Waals surface area contributed by atoms with Crippen LogP contribution in [0.1, 0.15) is 58.3 Å². The van der Waals surface area contributed by atoms with Gasteiger partial charge < -0.3 is 15.4 Å². The van der Waals surface area contributed by atoms with Gasteiger partial charge in [0.1, 0.15) is 11.6 Å². The highest BCUT2D eigenvalue weighted by atomic mass is 19.3. The molecule has 1 aliphatic heterocycles. The number of hydrogen-bond donors (Lipinski definition) is 2. The molecule has 1 aromatic heterocycles. The lowest BCUT2D eigenvalue weighted by molar-refractivity contribution is -0.126. The molecule has 0 radical (unpaired) electrons. The zero-order valence-electron chi connectivity index (χ0n) is 22.2. The van der Waals surface area contributed by atoms with Crippen LogP contribution in [0.15, 0.2) is 30.5 Å². The molecule has 8 nitrogen and oxygen atoms in total. The summed E-state index contributed by atoms with van der Waals surface area (Å²) in [7, 11) is 0. The number of alkyl halides is 2. The number of amides is 3. The van der Waals surface area contributed by atoms with Crippen molar-refractivity contribution in [2.45, 2.75) is 78.1 Å². The third kappa shape index (κ3) is 5.81. The Morgan fingerprint density at radius 2 is 1.95 bits per heavy atom. The van der Waals surface area contributed by atoms with Crippen LogP contribution in [0.3, 0.4) is 0 Å². The first kappa shape index (κ1) is 27.5. The molecule has 2 atom stereocenters. The Morgan fingerprint density at radius 3 is 2.61 bits per heavy atom. The first-order chi connectivity index (χ1) is 17.9. The second kappa shape index (κ2) is 10.7. The lowest BCUT2D eigenvalue weighted by Crippen LogP contribution is -2.52. The van der Waals surface area contributed by atoms with E-state index in [1.807, 2.05) is 40.7 Å². The summed E-state index contributed by atoms with van der Waals surface area (Å²) < 4.78 is 46.5. The van der Waals surface area contributed by atoms with E-state index < -0.39 is 18.0 Å². The molecule has 2 N–H and O–H groups in total. The molecule has 1 aliphatic carbocycles. The van der Waals surface area contributed by atoms with Gasteiger partial charge in [-0.1, -0.05) is 0 Å². The van der Waals surface area contributed by atoms with Gasteiger partial charge in [0.25, 0.3) is 0 Å². The highest BCUT2D eigenvalue weighted by Gasteiger charge is 2.37. The molecule has 2 aromatic rings. The molecule has 2 aliphatic rings. The van der Waals surface area contributed by atoms with Crippen LogP contribution in [0, 0.1) is 11.7 Å². The molecular weight excluding hydrogens is 499 g/mol. The number of hydrogen-bond acceptors (Lipinski definition) is 4. The van der Waals surface area contributed by atoms with Gasteiger partial charge in [0, 0.05) is 47.4 Å². The summed E-state index contributed by atoms with van der Waals surface area (Å²) in [5, 5.41) is 10.6. The maximum atomic E-state index is 14.8. The van der Waals surface area contributed by atoms with Gasteiger partial charge in [0.2, 0.25) is 5.91 Å². The summed E-state index contributed by atoms with van der Waals surface area (Å²) in [6.45, 7) is 6.80. The van der Waals surface area contributed by atoms with Gasteiger partial charge in [-0.2, -0.15) is 13.9 Å². The van der Waals surface area contributed by atoms with Crippen LogP contribution in [0.2, 0.25) is 0 Å². The Bertz CT molecular complexity index is 1240. The van der Waals surface area contributed by atoms with Gasteiger partial charge in [-0.25, -0.2) is 9.18 Å². The molecule has 11 heteroatoms. The van der Waals surface area contributed by atoms with E-state index in [9.17, 15) is 22.8 Å². The van der Waals surface area contributed by atoms with Crippen molar-refractivity contribution < 1.29 is 27.5 Å². The number of urea groups is 1. The average molecular weight is 534 g/mol. The second-order valence-electron chi connectivity index (χ2n) is 10.7. The summed E-state index contributed by atoms with van der Waals surface area (Å²) >= 11 is 0. The fourth-order valence-corrected chi connectivity index (χ4v) is 5.01. The number of fused-ring (bicyclic) bond motifs is 1. The first-order valence-corrected chi connectivity index (χ1v) is 12.8. The zero-order chi connectivity index (χ0) is 27.8. The molecule has 3 amide bonds. The van der Waals surface area contributed by atoms with E-state index in [2.05, 4.69) is 20.5 Å². The quantitative estimate of drug-likeness (QED) is 0.535.